The third-order valence-corrected chi connectivity index (χ3v) is 8.11. The first-order chi connectivity index (χ1) is 14.4. The van der Waals surface area contributed by atoms with E-state index in [-0.39, 0.29) is 57.6 Å². The molecule has 2 saturated heterocycles. The van der Waals surface area contributed by atoms with Gasteiger partial charge in [0.05, 0.1) is 11.5 Å². The van der Waals surface area contributed by atoms with E-state index in [0.29, 0.717) is 0 Å². The molecular formula is C20H16Cl2F2N2O2S2. The van der Waals surface area contributed by atoms with E-state index in [9.17, 15) is 18.4 Å². The first-order valence-electron chi connectivity index (χ1n) is 9.08. The molecule has 4 rings (SSSR count). The first-order valence-corrected chi connectivity index (χ1v) is 11.9. The van der Waals surface area contributed by atoms with Gasteiger partial charge in [0.2, 0.25) is 11.8 Å². The van der Waals surface area contributed by atoms with Gasteiger partial charge in [-0.05, 0) is 24.3 Å². The molecule has 2 atom stereocenters. The minimum Gasteiger partial charge on any atom is -0.324 e. The normalized spacial score (nSPS) is 21.7. The SMILES string of the molecule is O=C1CS[C@H](c2c(F)cccc2Cl)N1CCN1C(=O)CS[C@H]1c1c(F)cccc1Cl. The largest absolute Gasteiger partial charge is 0.324 e. The number of rotatable bonds is 5. The number of carbonyl (C=O) groups is 2. The van der Waals surface area contributed by atoms with Crippen molar-refractivity contribution in [2.24, 2.45) is 0 Å². The van der Waals surface area contributed by atoms with Gasteiger partial charge in [0.15, 0.2) is 0 Å². The second kappa shape index (κ2) is 8.94. The van der Waals surface area contributed by atoms with Crippen LogP contribution in [0.25, 0.3) is 0 Å². The van der Waals surface area contributed by atoms with E-state index in [1.165, 1.54) is 57.6 Å². The van der Waals surface area contributed by atoms with E-state index < -0.39 is 22.4 Å². The summed E-state index contributed by atoms with van der Waals surface area (Å²) in [5.74, 6) is -0.901. The summed E-state index contributed by atoms with van der Waals surface area (Å²) in [7, 11) is 0. The highest BCUT2D eigenvalue weighted by Gasteiger charge is 2.39. The van der Waals surface area contributed by atoms with Crippen molar-refractivity contribution in [3.63, 3.8) is 0 Å². The number of thioether (sulfide) groups is 2. The van der Waals surface area contributed by atoms with Crippen LogP contribution in [0.4, 0.5) is 8.78 Å². The molecule has 2 aromatic rings. The van der Waals surface area contributed by atoms with Crippen LogP contribution in [0.2, 0.25) is 10.0 Å². The van der Waals surface area contributed by atoms with Crippen molar-refractivity contribution in [3.05, 3.63) is 69.2 Å². The quantitative estimate of drug-likeness (QED) is 0.585. The highest BCUT2D eigenvalue weighted by Crippen LogP contribution is 2.45. The summed E-state index contributed by atoms with van der Waals surface area (Å²) in [5.41, 5.74) is 0.511. The van der Waals surface area contributed by atoms with Gasteiger partial charge in [-0.2, -0.15) is 0 Å². The molecule has 0 radical (unpaired) electrons. The van der Waals surface area contributed by atoms with Crippen LogP contribution >= 0.6 is 46.7 Å². The van der Waals surface area contributed by atoms with Gasteiger partial charge in [0, 0.05) is 34.3 Å². The number of amides is 2. The lowest BCUT2D eigenvalue weighted by Crippen LogP contribution is -2.39. The third-order valence-electron chi connectivity index (χ3n) is 5.01. The minimum atomic E-state index is -0.577. The summed E-state index contributed by atoms with van der Waals surface area (Å²) in [6.07, 6.45) is 0. The predicted octanol–water partition coefficient (Wildman–Crippen LogP) is 5.12. The molecule has 2 aliphatic rings. The van der Waals surface area contributed by atoms with Crippen LogP contribution in [0.3, 0.4) is 0 Å². The molecule has 2 aliphatic heterocycles. The number of hydrogen-bond acceptors (Lipinski definition) is 4. The van der Waals surface area contributed by atoms with Gasteiger partial charge in [-0.3, -0.25) is 9.59 Å². The first kappa shape index (κ1) is 21.7. The molecule has 0 saturated carbocycles. The monoisotopic (exact) mass is 488 g/mol. The zero-order chi connectivity index (χ0) is 21.4. The maximum absolute atomic E-state index is 14.4. The Bertz CT molecular complexity index is 891. The molecule has 0 N–H and O–H groups in total. The van der Waals surface area contributed by atoms with Crippen molar-refractivity contribution in [2.75, 3.05) is 24.6 Å². The molecule has 0 unspecified atom stereocenters. The maximum Gasteiger partial charge on any atom is 0.233 e. The molecule has 2 fully saturated rings. The number of halogens is 4. The minimum absolute atomic E-state index is 0.163. The predicted molar refractivity (Wildman–Crippen MR) is 117 cm³/mol. The smallest absolute Gasteiger partial charge is 0.233 e. The Hall–Kier alpha value is -1.48. The lowest BCUT2D eigenvalue weighted by atomic mass is 10.1. The standard InChI is InChI=1S/C20H16Cl2F2N2O2S2/c21-11-3-1-5-13(23)17(11)19-25(15(27)9-29-19)7-8-26-16(28)10-30-20(26)18-12(22)4-2-6-14(18)24/h1-6,19-20H,7-10H2/t19-,20+. The lowest BCUT2D eigenvalue weighted by Gasteiger charge is -2.30. The van der Waals surface area contributed by atoms with Crippen LogP contribution < -0.4 is 0 Å². The van der Waals surface area contributed by atoms with Crippen LogP contribution in [0.15, 0.2) is 36.4 Å². The molecule has 4 nitrogen and oxygen atoms in total. The summed E-state index contributed by atoms with van der Waals surface area (Å²) in [6, 6.07) is 8.79. The zero-order valence-electron chi connectivity index (χ0n) is 15.5. The van der Waals surface area contributed by atoms with Crippen molar-refractivity contribution < 1.29 is 18.4 Å². The molecule has 10 heteroatoms. The van der Waals surface area contributed by atoms with Crippen LogP contribution in [0.1, 0.15) is 21.9 Å². The van der Waals surface area contributed by atoms with Crippen LogP contribution in [-0.4, -0.2) is 46.2 Å². The number of carbonyl (C=O) groups excluding carboxylic acids is 2. The average molecular weight is 489 g/mol. The number of benzene rings is 2. The maximum atomic E-state index is 14.4. The van der Waals surface area contributed by atoms with E-state index in [1.54, 1.807) is 12.1 Å². The number of hydrogen-bond donors (Lipinski definition) is 0. The van der Waals surface area contributed by atoms with E-state index in [1.807, 2.05) is 0 Å². The molecule has 0 bridgehead atoms. The van der Waals surface area contributed by atoms with Crippen molar-refractivity contribution in [1.82, 2.24) is 9.80 Å². The number of nitrogens with zero attached hydrogens (tertiary/aromatic N) is 2. The van der Waals surface area contributed by atoms with Gasteiger partial charge in [-0.1, -0.05) is 35.3 Å². The molecule has 2 aromatic carbocycles. The fourth-order valence-electron chi connectivity index (χ4n) is 3.58. The Morgan fingerprint density at radius 2 is 1.20 bits per heavy atom. The fraction of sp³-hybridized carbons (Fsp3) is 0.300. The van der Waals surface area contributed by atoms with Gasteiger partial charge in [-0.15, -0.1) is 23.5 Å². The molecular weight excluding hydrogens is 473 g/mol. The molecule has 30 heavy (non-hydrogen) atoms. The van der Waals surface area contributed by atoms with Crippen LogP contribution in [-0.2, 0) is 9.59 Å². The van der Waals surface area contributed by atoms with E-state index >= 15 is 0 Å². The topological polar surface area (TPSA) is 40.6 Å². The van der Waals surface area contributed by atoms with Gasteiger partial charge >= 0.3 is 0 Å². The highest BCUT2D eigenvalue weighted by molar-refractivity contribution is 8.00. The van der Waals surface area contributed by atoms with Crippen LogP contribution in [0, 0.1) is 11.6 Å². The third kappa shape index (κ3) is 4.02. The van der Waals surface area contributed by atoms with E-state index in [0.717, 1.165) is 0 Å². The molecule has 158 valence electrons. The Balaban J connectivity index is 1.56. The van der Waals surface area contributed by atoms with Crippen molar-refractivity contribution in [3.8, 4) is 0 Å². The fourth-order valence-corrected chi connectivity index (χ4v) is 6.79. The van der Waals surface area contributed by atoms with Gasteiger partial charge in [-0.25, -0.2) is 8.78 Å². The Morgan fingerprint density at radius 3 is 1.57 bits per heavy atom. The van der Waals surface area contributed by atoms with Gasteiger partial charge < -0.3 is 9.80 Å². The molecule has 2 amide bonds. The molecule has 0 aliphatic carbocycles. The van der Waals surface area contributed by atoms with E-state index in [4.69, 9.17) is 23.2 Å². The Labute approximate surface area is 190 Å². The Morgan fingerprint density at radius 1 is 0.800 bits per heavy atom. The lowest BCUT2D eigenvalue weighted by molar-refractivity contribution is -0.132. The summed E-state index contributed by atoms with van der Waals surface area (Å²) in [4.78, 5) is 28.0. The summed E-state index contributed by atoms with van der Waals surface area (Å²) < 4.78 is 28.8. The molecule has 0 spiro atoms. The van der Waals surface area contributed by atoms with Crippen molar-refractivity contribution in [1.29, 1.82) is 0 Å². The summed E-state index contributed by atoms with van der Waals surface area (Å²) in [6.45, 7) is 0.353. The van der Waals surface area contributed by atoms with Crippen LogP contribution in [0.5, 0.6) is 0 Å². The Kier molecular flexibility index (Phi) is 6.48. The van der Waals surface area contributed by atoms with Crippen molar-refractivity contribution in [2.45, 2.75) is 10.7 Å². The molecule has 2 heterocycles. The van der Waals surface area contributed by atoms with Crippen molar-refractivity contribution >= 4 is 58.5 Å². The van der Waals surface area contributed by atoms with Gasteiger partial charge in [0.1, 0.15) is 22.4 Å². The van der Waals surface area contributed by atoms with Gasteiger partial charge in [0.25, 0.3) is 0 Å². The molecule has 0 aromatic heterocycles. The second-order valence-corrected chi connectivity index (χ2v) is 9.72. The second-order valence-electron chi connectivity index (χ2n) is 6.77. The zero-order valence-corrected chi connectivity index (χ0v) is 18.6. The van der Waals surface area contributed by atoms with E-state index in [2.05, 4.69) is 0 Å². The average Bonchev–Trinajstić information content (AvgIpc) is 3.23. The highest BCUT2D eigenvalue weighted by atomic mass is 35.5. The summed E-state index contributed by atoms with van der Waals surface area (Å²) in [5, 5.41) is -0.661. The summed E-state index contributed by atoms with van der Waals surface area (Å²) >= 11 is 15.0.